The van der Waals surface area contributed by atoms with E-state index in [-0.39, 0.29) is 0 Å². The Hall–Kier alpha value is -2.26. The molecule has 20 heavy (non-hydrogen) atoms. The number of rotatable bonds is 2. The van der Waals surface area contributed by atoms with E-state index in [9.17, 15) is 0 Å². The summed E-state index contributed by atoms with van der Waals surface area (Å²) >= 11 is 5.88. The molecule has 3 rings (SSSR count). The molecular weight excluding hydrogens is 270 g/mol. The first-order valence-electron chi connectivity index (χ1n) is 6.27. The number of hydrogen-bond acceptors (Lipinski definition) is 3. The third-order valence-electron chi connectivity index (χ3n) is 3.01. The minimum atomic E-state index is 0.610. The Balaban J connectivity index is 2.01. The monoisotopic (exact) mass is 281 g/mol. The van der Waals surface area contributed by atoms with Gasteiger partial charge in [-0.05, 0) is 31.2 Å². The summed E-state index contributed by atoms with van der Waals surface area (Å²) in [6.45, 7) is 1.94. The summed E-state index contributed by atoms with van der Waals surface area (Å²) in [4.78, 5) is 4.53. The Morgan fingerprint density at radius 1 is 0.800 bits per heavy atom. The maximum atomic E-state index is 5.88. The van der Waals surface area contributed by atoms with Gasteiger partial charge >= 0.3 is 0 Å². The van der Waals surface area contributed by atoms with Crippen LogP contribution in [0.1, 0.15) is 5.69 Å². The van der Waals surface area contributed by atoms with Gasteiger partial charge < -0.3 is 0 Å². The smallest absolute Gasteiger partial charge is 0.182 e. The van der Waals surface area contributed by atoms with Gasteiger partial charge in [-0.1, -0.05) is 41.9 Å². The molecule has 1 aromatic heterocycles. The number of aromatic nitrogens is 3. The molecule has 0 bridgehead atoms. The minimum absolute atomic E-state index is 0.610. The van der Waals surface area contributed by atoms with Gasteiger partial charge in [0.2, 0.25) is 0 Å². The second-order valence-electron chi connectivity index (χ2n) is 4.44. The summed E-state index contributed by atoms with van der Waals surface area (Å²) in [6, 6.07) is 17.3. The summed E-state index contributed by atoms with van der Waals surface area (Å²) in [7, 11) is 0. The Morgan fingerprint density at radius 2 is 1.50 bits per heavy atom. The molecule has 0 saturated carbocycles. The van der Waals surface area contributed by atoms with Crippen molar-refractivity contribution in [3.8, 4) is 22.6 Å². The van der Waals surface area contributed by atoms with Crippen molar-refractivity contribution >= 4 is 11.6 Å². The topological polar surface area (TPSA) is 38.7 Å². The maximum absolute atomic E-state index is 5.88. The molecule has 0 atom stereocenters. The Morgan fingerprint density at radius 3 is 2.15 bits per heavy atom. The first-order valence-corrected chi connectivity index (χ1v) is 6.64. The zero-order valence-electron chi connectivity index (χ0n) is 10.9. The van der Waals surface area contributed by atoms with Crippen molar-refractivity contribution in [2.24, 2.45) is 0 Å². The average molecular weight is 282 g/mol. The molecule has 0 fully saturated rings. The molecular formula is C16H12ClN3. The standard InChI is InChI=1S/C16H12ClN3/c1-11-15(12-5-3-2-4-6-12)19-20-16(18-11)13-7-9-14(17)10-8-13/h2-10H,1H3. The third kappa shape index (κ3) is 2.53. The highest BCUT2D eigenvalue weighted by molar-refractivity contribution is 6.30. The molecule has 0 unspecified atom stereocenters. The second-order valence-corrected chi connectivity index (χ2v) is 4.88. The van der Waals surface area contributed by atoms with E-state index in [1.54, 1.807) is 0 Å². The third-order valence-corrected chi connectivity index (χ3v) is 3.26. The Kier molecular flexibility index (Phi) is 3.44. The fraction of sp³-hybridized carbons (Fsp3) is 0.0625. The first-order chi connectivity index (χ1) is 9.74. The maximum Gasteiger partial charge on any atom is 0.182 e. The fourth-order valence-corrected chi connectivity index (χ4v) is 2.11. The van der Waals surface area contributed by atoms with Crippen molar-refractivity contribution < 1.29 is 0 Å². The van der Waals surface area contributed by atoms with Crippen molar-refractivity contribution in [1.82, 2.24) is 15.2 Å². The van der Waals surface area contributed by atoms with E-state index in [2.05, 4.69) is 15.2 Å². The van der Waals surface area contributed by atoms with Gasteiger partial charge in [0, 0.05) is 16.1 Å². The van der Waals surface area contributed by atoms with Crippen LogP contribution in [0.5, 0.6) is 0 Å². The molecule has 2 aromatic carbocycles. The molecule has 3 aromatic rings. The number of aryl methyl sites for hydroxylation is 1. The first kappa shape index (κ1) is 12.8. The molecule has 0 saturated heterocycles. The van der Waals surface area contributed by atoms with Gasteiger partial charge in [-0.25, -0.2) is 4.98 Å². The number of halogens is 1. The number of benzene rings is 2. The molecule has 0 spiro atoms. The van der Waals surface area contributed by atoms with Crippen LogP contribution in [0, 0.1) is 6.92 Å². The van der Waals surface area contributed by atoms with E-state index in [0.717, 1.165) is 22.5 Å². The molecule has 0 aliphatic rings. The van der Waals surface area contributed by atoms with Gasteiger partial charge in [0.1, 0.15) is 5.69 Å². The van der Waals surface area contributed by atoms with Gasteiger partial charge in [-0.3, -0.25) is 0 Å². The van der Waals surface area contributed by atoms with Crippen LogP contribution in [-0.2, 0) is 0 Å². The van der Waals surface area contributed by atoms with Gasteiger partial charge in [0.05, 0.1) is 5.69 Å². The number of hydrogen-bond donors (Lipinski definition) is 0. The van der Waals surface area contributed by atoms with Crippen LogP contribution < -0.4 is 0 Å². The largest absolute Gasteiger partial charge is 0.230 e. The van der Waals surface area contributed by atoms with Crippen LogP contribution in [0.25, 0.3) is 22.6 Å². The van der Waals surface area contributed by atoms with Crippen LogP contribution in [0.4, 0.5) is 0 Å². The van der Waals surface area contributed by atoms with Gasteiger partial charge in [-0.2, -0.15) is 0 Å². The second kappa shape index (κ2) is 5.39. The van der Waals surface area contributed by atoms with Crippen molar-refractivity contribution in [3.05, 3.63) is 65.3 Å². The molecule has 3 nitrogen and oxygen atoms in total. The molecule has 4 heteroatoms. The predicted octanol–water partition coefficient (Wildman–Crippen LogP) is 4.17. The van der Waals surface area contributed by atoms with Crippen LogP contribution in [0.15, 0.2) is 54.6 Å². The lowest BCUT2D eigenvalue weighted by Crippen LogP contribution is -1.99. The van der Waals surface area contributed by atoms with Gasteiger partial charge in [0.25, 0.3) is 0 Å². The molecule has 0 N–H and O–H groups in total. The normalized spacial score (nSPS) is 10.5. The van der Waals surface area contributed by atoms with Crippen molar-refractivity contribution in [2.45, 2.75) is 6.92 Å². The van der Waals surface area contributed by atoms with E-state index in [4.69, 9.17) is 11.6 Å². The molecule has 0 radical (unpaired) electrons. The van der Waals surface area contributed by atoms with E-state index in [0.29, 0.717) is 10.8 Å². The van der Waals surface area contributed by atoms with Crippen LogP contribution in [0.3, 0.4) is 0 Å². The van der Waals surface area contributed by atoms with E-state index < -0.39 is 0 Å². The molecule has 0 amide bonds. The summed E-state index contributed by atoms with van der Waals surface area (Å²) in [5, 5.41) is 9.21. The minimum Gasteiger partial charge on any atom is -0.230 e. The predicted molar refractivity (Wildman–Crippen MR) is 80.4 cm³/mol. The lowest BCUT2D eigenvalue weighted by atomic mass is 10.1. The van der Waals surface area contributed by atoms with Crippen molar-refractivity contribution in [2.75, 3.05) is 0 Å². The fourth-order valence-electron chi connectivity index (χ4n) is 1.99. The summed E-state index contributed by atoms with van der Waals surface area (Å²) in [5.41, 5.74) is 3.59. The lowest BCUT2D eigenvalue weighted by molar-refractivity contribution is 0.958. The van der Waals surface area contributed by atoms with Gasteiger partial charge in [0.15, 0.2) is 5.82 Å². The van der Waals surface area contributed by atoms with Gasteiger partial charge in [-0.15, -0.1) is 10.2 Å². The molecule has 0 aliphatic heterocycles. The summed E-state index contributed by atoms with van der Waals surface area (Å²) in [5.74, 6) is 0.610. The number of nitrogens with zero attached hydrogens (tertiary/aromatic N) is 3. The lowest BCUT2D eigenvalue weighted by Gasteiger charge is -2.05. The SMILES string of the molecule is Cc1nc(-c2ccc(Cl)cc2)nnc1-c1ccccc1. The summed E-state index contributed by atoms with van der Waals surface area (Å²) in [6.07, 6.45) is 0. The highest BCUT2D eigenvalue weighted by atomic mass is 35.5. The summed E-state index contributed by atoms with van der Waals surface area (Å²) < 4.78 is 0. The highest BCUT2D eigenvalue weighted by Crippen LogP contribution is 2.22. The van der Waals surface area contributed by atoms with Crippen LogP contribution in [0.2, 0.25) is 5.02 Å². The van der Waals surface area contributed by atoms with Crippen molar-refractivity contribution in [3.63, 3.8) is 0 Å². The Bertz CT molecular complexity index is 724. The Labute approximate surface area is 122 Å². The zero-order valence-corrected chi connectivity index (χ0v) is 11.7. The average Bonchev–Trinajstić information content (AvgIpc) is 2.49. The van der Waals surface area contributed by atoms with Crippen molar-refractivity contribution in [1.29, 1.82) is 0 Å². The van der Waals surface area contributed by atoms with E-state index in [1.165, 1.54) is 0 Å². The molecule has 98 valence electrons. The molecule has 0 aliphatic carbocycles. The quantitative estimate of drug-likeness (QED) is 0.708. The van der Waals surface area contributed by atoms with Crippen LogP contribution in [-0.4, -0.2) is 15.2 Å². The van der Waals surface area contributed by atoms with E-state index >= 15 is 0 Å². The van der Waals surface area contributed by atoms with E-state index in [1.807, 2.05) is 61.5 Å². The zero-order chi connectivity index (χ0) is 13.9. The van der Waals surface area contributed by atoms with Crippen LogP contribution >= 0.6 is 11.6 Å². The highest BCUT2D eigenvalue weighted by Gasteiger charge is 2.08. The molecule has 1 heterocycles.